The molecule has 0 spiro atoms. The van der Waals surface area contributed by atoms with Gasteiger partial charge in [0.25, 0.3) is 0 Å². The van der Waals surface area contributed by atoms with Crippen LogP contribution in [0.4, 0.5) is 13.2 Å². The minimum absolute atomic E-state index is 0.0255. The zero-order chi connectivity index (χ0) is 24.3. The summed E-state index contributed by atoms with van der Waals surface area (Å²) in [4.78, 5) is 1.97. The van der Waals surface area contributed by atoms with E-state index in [1.807, 2.05) is 23.1 Å². The number of benzene rings is 3. The fraction of sp³-hybridized carbons (Fsp3) is 0.333. The minimum atomic E-state index is -1.14. The summed E-state index contributed by atoms with van der Waals surface area (Å²) in [5.74, 6) is -2.59. The number of likely N-dealkylation sites (tertiary alicyclic amines) is 1. The summed E-state index contributed by atoms with van der Waals surface area (Å²) in [5.41, 5.74) is 0.473. The Morgan fingerprint density at radius 1 is 0.941 bits per heavy atom. The first kappa shape index (κ1) is 24.3. The van der Waals surface area contributed by atoms with E-state index >= 15 is 0 Å². The Balaban J connectivity index is 1.40. The van der Waals surface area contributed by atoms with E-state index in [1.165, 1.54) is 12.1 Å². The van der Waals surface area contributed by atoms with E-state index in [0.717, 1.165) is 17.7 Å². The monoisotopic (exact) mass is 471 g/mol. The van der Waals surface area contributed by atoms with Gasteiger partial charge in [0.15, 0.2) is 17.4 Å². The van der Waals surface area contributed by atoms with E-state index in [1.54, 1.807) is 31.2 Å². The van der Waals surface area contributed by atoms with Gasteiger partial charge in [-0.25, -0.2) is 13.2 Å². The maximum atomic E-state index is 14.6. The van der Waals surface area contributed by atoms with E-state index < -0.39 is 35.1 Å². The molecule has 3 aromatic rings. The molecule has 2 N–H and O–H groups in total. The van der Waals surface area contributed by atoms with Gasteiger partial charge in [-0.05, 0) is 60.7 Å². The van der Waals surface area contributed by atoms with Crippen molar-refractivity contribution in [3.8, 4) is 5.75 Å². The second kappa shape index (κ2) is 10.2. The summed E-state index contributed by atoms with van der Waals surface area (Å²) in [6.07, 6.45) is -0.348. The van der Waals surface area contributed by atoms with Gasteiger partial charge in [0.1, 0.15) is 12.4 Å². The Hall–Kier alpha value is -2.87. The van der Waals surface area contributed by atoms with Crippen LogP contribution in [0.25, 0.3) is 0 Å². The van der Waals surface area contributed by atoms with Crippen molar-refractivity contribution in [2.24, 2.45) is 0 Å². The summed E-state index contributed by atoms with van der Waals surface area (Å²) in [5, 5.41) is 21.8. The van der Waals surface area contributed by atoms with Gasteiger partial charge in [0.05, 0.1) is 11.7 Å². The molecule has 1 heterocycles. The number of halogens is 3. The quantitative estimate of drug-likeness (QED) is 0.504. The van der Waals surface area contributed by atoms with Crippen LogP contribution in [0.5, 0.6) is 5.75 Å². The second-order valence-corrected chi connectivity index (χ2v) is 8.85. The topological polar surface area (TPSA) is 52.9 Å². The molecule has 0 amide bonds. The van der Waals surface area contributed by atoms with Gasteiger partial charge in [-0.1, -0.05) is 42.5 Å². The number of rotatable bonds is 7. The van der Waals surface area contributed by atoms with Crippen LogP contribution < -0.4 is 4.74 Å². The van der Waals surface area contributed by atoms with Crippen molar-refractivity contribution < 1.29 is 28.1 Å². The molecule has 34 heavy (non-hydrogen) atoms. The van der Waals surface area contributed by atoms with Crippen LogP contribution in [-0.4, -0.2) is 34.2 Å². The largest absolute Gasteiger partial charge is 0.483 e. The highest BCUT2D eigenvalue weighted by atomic mass is 19.1. The highest BCUT2D eigenvalue weighted by molar-refractivity contribution is 5.33. The van der Waals surface area contributed by atoms with Crippen molar-refractivity contribution in [3.05, 3.63) is 101 Å². The van der Waals surface area contributed by atoms with Crippen LogP contribution in [0, 0.1) is 17.5 Å². The predicted molar refractivity (Wildman–Crippen MR) is 123 cm³/mol. The normalized spacial score (nSPS) is 17.8. The molecule has 3 aromatic carbocycles. The molecule has 0 radical (unpaired) electrons. The molecule has 4 nitrogen and oxygen atoms in total. The van der Waals surface area contributed by atoms with E-state index in [0.29, 0.717) is 31.5 Å². The number of piperidine rings is 1. The standard InChI is InChI=1S/C27H28F3NO3/c1-18(31-13-11-27(33,12-14-31)21-7-9-22(28)10-8-21)25(32)20-15-23(29)26(24(30)16-20)34-17-19-5-3-2-4-6-19/h2-10,15-16,18,25,32-33H,11-14,17H2,1H3/t18-,25+/m1/s1. The Morgan fingerprint density at radius 3 is 2.12 bits per heavy atom. The van der Waals surface area contributed by atoms with Crippen molar-refractivity contribution in [1.82, 2.24) is 4.90 Å². The Kier molecular flexibility index (Phi) is 7.26. The number of hydrogen-bond acceptors (Lipinski definition) is 4. The van der Waals surface area contributed by atoms with Gasteiger partial charge in [0, 0.05) is 19.1 Å². The van der Waals surface area contributed by atoms with Gasteiger partial charge in [-0.3, -0.25) is 4.90 Å². The van der Waals surface area contributed by atoms with Crippen molar-refractivity contribution >= 4 is 0 Å². The molecule has 1 saturated heterocycles. The van der Waals surface area contributed by atoms with Crippen LogP contribution >= 0.6 is 0 Å². The highest BCUT2D eigenvalue weighted by Crippen LogP contribution is 2.36. The fourth-order valence-corrected chi connectivity index (χ4v) is 4.45. The lowest BCUT2D eigenvalue weighted by Gasteiger charge is -2.42. The molecule has 2 atom stereocenters. The molecule has 0 aromatic heterocycles. The van der Waals surface area contributed by atoms with Gasteiger partial charge < -0.3 is 14.9 Å². The maximum Gasteiger partial charge on any atom is 0.191 e. The first-order chi connectivity index (χ1) is 16.3. The van der Waals surface area contributed by atoms with Crippen LogP contribution in [0.1, 0.15) is 42.6 Å². The third kappa shape index (κ3) is 5.27. The molecule has 0 unspecified atom stereocenters. The average molecular weight is 472 g/mol. The molecule has 1 aliphatic heterocycles. The van der Waals surface area contributed by atoms with E-state index in [4.69, 9.17) is 4.74 Å². The summed E-state index contributed by atoms with van der Waals surface area (Å²) in [6.45, 7) is 2.74. The third-order valence-corrected chi connectivity index (χ3v) is 6.63. The van der Waals surface area contributed by atoms with E-state index in [-0.39, 0.29) is 18.0 Å². The van der Waals surface area contributed by atoms with Crippen molar-refractivity contribution in [2.45, 2.75) is 44.1 Å². The summed E-state index contributed by atoms with van der Waals surface area (Å²) in [7, 11) is 0. The summed E-state index contributed by atoms with van der Waals surface area (Å²) >= 11 is 0. The first-order valence-corrected chi connectivity index (χ1v) is 11.3. The van der Waals surface area contributed by atoms with E-state index in [2.05, 4.69) is 0 Å². The van der Waals surface area contributed by atoms with Gasteiger partial charge in [0.2, 0.25) is 0 Å². The number of hydrogen-bond donors (Lipinski definition) is 2. The van der Waals surface area contributed by atoms with Gasteiger partial charge >= 0.3 is 0 Å². The molecule has 0 aliphatic carbocycles. The van der Waals surface area contributed by atoms with E-state index in [9.17, 15) is 23.4 Å². The van der Waals surface area contributed by atoms with Crippen LogP contribution in [0.3, 0.4) is 0 Å². The number of aliphatic hydroxyl groups excluding tert-OH is 1. The molecule has 4 rings (SSSR count). The third-order valence-electron chi connectivity index (χ3n) is 6.63. The molecular weight excluding hydrogens is 443 g/mol. The van der Waals surface area contributed by atoms with Gasteiger partial charge in [-0.2, -0.15) is 0 Å². The smallest absolute Gasteiger partial charge is 0.191 e. The number of nitrogens with zero attached hydrogens (tertiary/aromatic N) is 1. The second-order valence-electron chi connectivity index (χ2n) is 8.85. The molecule has 0 saturated carbocycles. The Morgan fingerprint density at radius 2 is 1.53 bits per heavy atom. The number of ether oxygens (including phenoxy) is 1. The number of aliphatic hydroxyl groups is 2. The maximum absolute atomic E-state index is 14.6. The predicted octanol–water partition coefficient (Wildman–Crippen LogP) is 5.09. The molecular formula is C27H28F3NO3. The average Bonchev–Trinajstić information content (AvgIpc) is 2.84. The zero-order valence-corrected chi connectivity index (χ0v) is 18.9. The SMILES string of the molecule is C[C@H]([C@H](O)c1cc(F)c(OCc2ccccc2)c(F)c1)N1CCC(O)(c2ccc(F)cc2)CC1. The lowest BCUT2D eigenvalue weighted by atomic mass is 9.83. The Bertz CT molecular complexity index is 1080. The van der Waals surface area contributed by atoms with Crippen molar-refractivity contribution in [1.29, 1.82) is 0 Å². The summed E-state index contributed by atoms with van der Waals surface area (Å²) in [6, 6.07) is 16.6. The lowest BCUT2D eigenvalue weighted by molar-refractivity contribution is -0.0502. The highest BCUT2D eigenvalue weighted by Gasteiger charge is 2.37. The van der Waals surface area contributed by atoms with Crippen molar-refractivity contribution in [3.63, 3.8) is 0 Å². The zero-order valence-electron chi connectivity index (χ0n) is 18.9. The molecule has 1 fully saturated rings. The summed E-state index contributed by atoms with van der Waals surface area (Å²) < 4.78 is 47.9. The van der Waals surface area contributed by atoms with Crippen LogP contribution in [0.2, 0.25) is 0 Å². The lowest BCUT2D eigenvalue weighted by Crippen LogP contribution is -2.47. The molecule has 180 valence electrons. The van der Waals surface area contributed by atoms with Gasteiger partial charge in [-0.15, -0.1) is 0 Å². The molecule has 0 bridgehead atoms. The van der Waals surface area contributed by atoms with Crippen LogP contribution in [-0.2, 0) is 12.2 Å². The molecule has 1 aliphatic rings. The minimum Gasteiger partial charge on any atom is -0.483 e. The Labute approximate surface area is 197 Å². The first-order valence-electron chi connectivity index (χ1n) is 11.3. The molecule has 7 heteroatoms. The van der Waals surface area contributed by atoms with Crippen molar-refractivity contribution in [2.75, 3.05) is 13.1 Å². The van der Waals surface area contributed by atoms with Crippen LogP contribution in [0.15, 0.2) is 66.7 Å². The fourth-order valence-electron chi connectivity index (χ4n) is 4.45.